The van der Waals surface area contributed by atoms with E-state index in [9.17, 15) is 14.9 Å². The Morgan fingerprint density at radius 2 is 1.54 bits per heavy atom. The molecule has 0 fully saturated rings. The van der Waals surface area contributed by atoms with E-state index in [1.165, 1.54) is 12.1 Å². The van der Waals surface area contributed by atoms with Crippen LogP contribution in [-0.2, 0) is 11.8 Å². The molecule has 0 heterocycles. The van der Waals surface area contributed by atoms with Crippen LogP contribution >= 0.6 is 6.72 Å². The Bertz CT molecular complexity index is 795. The van der Waals surface area contributed by atoms with Crippen LogP contribution in [0.15, 0.2) is 42.5 Å². The monoisotopic (exact) mass is 369 g/mol. The number of carbonyl (C=O) groups is 1. The van der Waals surface area contributed by atoms with Crippen LogP contribution in [-0.4, -0.2) is 25.4 Å². The second kappa shape index (κ2) is 8.23. The Balaban J connectivity index is 0.000000505. The smallest absolute Gasteiger partial charge is 0.319 e. The molecule has 0 aromatic heterocycles. The van der Waals surface area contributed by atoms with Gasteiger partial charge in [0.25, 0.3) is 5.69 Å². The molecule has 0 unspecified atom stereocenters. The van der Waals surface area contributed by atoms with E-state index in [1.54, 1.807) is 38.1 Å². The van der Waals surface area contributed by atoms with E-state index < -0.39 is 11.6 Å². The molecule has 0 radical (unpaired) electrons. The molecule has 2 aromatic rings. The van der Waals surface area contributed by atoms with Gasteiger partial charge in [0.1, 0.15) is 0 Å². The molecule has 0 aliphatic rings. The molecule has 2 aromatic carbocycles. The maximum Gasteiger partial charge on any atom is 0.319 e. The lowest BCUT2D eigenvalue weighted by Crippen LogP contribution is -2.06. The van der Waals surface area contributed by atoms with Crippen molar-refractivity contribution in [2.75, 3.05) is 0 Å². The number of rotatable bonds is 3. The van der Waals surface area contributed by atoms with E-state index in [0.29, 0.717) is 22.3 Å². The van der Waals surface area contributed by atoms with E-state index in [-0.39, 0.29) is 11.5 Å². The van der Waals surface area contributed by atoms with Crippen LogP contribution in [0.5, 0.6) is 0 Å². The Hall–Kier alpha value is -1.96. The molecule has 0 saturated carbocycles. The summed E-state index contributed by atoms with van der Waals surface area (Å²) >= 11 is 3.60. The highest BCUT2D eigenvalue weighted by molar-refractivity contribution is 8.06. The first-order valence-electron chi connectivity index (χ1n) is 6.65. The average molecular weight is 369 g/mol. The molecule has 0 spiro atoms. The molecular formula is C15H16NO6PS. The fourth-order valence-electron chi connectivity index (χ4n) is 2.00. The van der Waals surface area contributed by atoms with E-state index >= 15 is 0 Å². The minimum absolute atomic E-state index is 0.0436. The summed E-state index contributed by atoms with van der Waals surface area (Å²) < 4.78 is 0. The van der Waals surface area contributed by atoms with Gasteiger partial charge in [0.15, 0.2) is 5.78 Å². The molecule has 24 heavy (non-hydrogen) atoms. The second-order valence-corrected chi connectivity index (χ2v) is 7.34. The zero-order valence-corrected chi connectivity index (χ0v) is 14.6. The van der Waals surface area contributed by atoms with Gasteiger partial charge in [0.2, 0.25) is 0 Å². The van der Waals surface area contributed by atoms with Gasteiger partial charge in [-0.15, -0.1) is 0 Å². The van der Waals surface area contributed by atoms with Crippen molar-refractivity contribution in [3.05, 3.63) is 74.8 Å². The van der Waals surface area contributed by atoms with Crippen LogP contribution in [0.1, 0.15) is 27.0 Å². The highest BCUT2D eigenvalue weighted by Gasteiger charge is 2.18. The molecule has 9 heteroatoms. The summed E-state index contributed by atoms with van der Waals surface area (Å²) in [7, 11) is 0. The maximum absolute atomic E-state index is 12.3. The summed E-state index contributed by atoms with van der Waals surface area (Å²) in [6.45, 7) is -0.409. The number of carbonyl (C=O) groups excluding carboxylic acids is 1. The summed E-state index contributed by atoms with van der Waals surface area (Å²) in [4.78, 5) is 45.4. The quantitative estimate of drug-likeness (QED) is 0.329. The van der Waals surface area contributed by atoms with Crippen molar-refractivity contribution in [2.24, 2.45) is 0 Å². The lowest BCUT2D eigenvalue weighted by atomic mass is 9.95. The fraction of sp³-hybridized carbons (Fsp3) is 0.133. The van der Waals surface area contributed by atoms with E-state index in [0.717, 1.165) is 0 Å². The van der Waals surface area contributed by atoms with Crippen LogP contribution in [0.3, 0.4) is 0 Å². The molecule has 7 nitrogen and oxygen atoms in total. The molecule has 0 amide bonds. The second-order valence-electron chi connectivity index (χ2n) is 4.85. The molecule has 0 aliphatic heterocycles. The number of hydrogen-bond donors (Lipinski definition) is 3. The number of nitro groups is 1. The molecule has 0 bridgehead atoms. The van der Waals surface area contributed by atoms with Crippen molar-refractivity contribution in [2.45, 2.75) is 13.8 Å². The molecule has 0 saturated heterocycles. The van der Waals surface area contributed by atoms with Crippen LogP contribution in [0, 0.1) is 24.0 Å². The van der Waals surface area contributed by atoms with Crippen molar-refractivity contribution in [3.8, 4) is 0 Å². The van der Waals surface area contributed by atoms with E-state index in [4.69, 9.17) is 14.7 Å². The van der Waals surface area contributed by atoms with Crippen LogP contribution in [0.2, 0.25) is 0 Å². The third-order valence-electron chi connectivity index (χ3n) is 3.24. The van der Waals surface area contributed by atoms with Crippen molar-refractivity contribution in [3.63, 3.8) is 0 Å². The van der Waals surface area contributed by atoms with Gasteiger partial charge in [0, 0.05) is 22.8 Å². The zero-order valence-electron chi connectivity index (χ0n) is 12.9. The molecule has 2 rings (SSSR count). The van der Waals surface area contributed by atoms with Crippen LogP contribution in [0.25, 0.3) is 0 Å². The SMILES string of the molecule is Cc1c(C(=O)c2ccccc2)ccc([N+](=O)[O-])c1C.OP(O)(O)=S. The minimum Gasteiger partial charge on any atom is -0.325 e. The number of hydrogen-bond acceptors (Lipinski definition) is 4. The predicted octanol–water partition coefficient (Wildman–Crippen LogP) is 2.63. The molecule has 0 aliphatic carbocycles. The van der Waals surface area contributed by atoms with Gasteiger partial charge in [-0.05, 0) is 37.3 Å². The fourth-order valence-corrected chi connectivity index (χ4v) is 2.00. The maximum atomic E-state index is 12.3. The third kappa shape index (κ3) is 5.92. The Labute approximate surface area is 143 Å². The lowest BCUT2D eigenvalue weighted by molar-refractivity contribution is -0.385. The summed E-state index contributed by atoms with van der Waals surface area (Å²) in [5.41, 5.74) is 2.32. The number of nitrogens with zero attached hydrogens (tertiary/aromatic N) is 1. The summed E-state index contributed by atoms with van der Waals surface area (Å²) in [5.74, 6) is -0.115. The van der Waals surface area contributed by atoms with Crippen LogP contribution in [0.4, 0.5) is 5.69 Å². The normalized spacial score (nSPS) is 10.5. The number of benzene rings is 2. The molecule has 128 valence electrons. The third-order valence-corrected chi connectivity index (χ3v) is 3.24. The first kappa shape index (κ1) is 20.1. The summed E-state index contributed by atoms with van der Waals surface area (Å²) in [6.07, 6.45) is 0. The minimum atomic E-state index is -3.81. The van der Waals surface area contributed by atoms with Gasteiger partial charge in [-0.3, -0.25) is 14.9 Å². The largest absolute Gasteiger partial charge is 0.325 e. The van der Waals surface area contributed by atoms with E-state index in [1.807, 2.05) is 6.07 Å². The van der Waals surface area contributed by atoms with Gasteiger partial charge in [-0.1, -0.05) is 30.3 Å². The highest BCUT2D eigenvalue weighted by atomic mass is 32.5. The van der Waals surface area contributed by atoms with Gasteiger partial charge >= 0.3 is 6.72 Å². The highest BCUT2D eigenvalue weighted by Crippen LogP contribution is 2.26. The molecule has 3 N–H and O–H groups in total. The van der Waals surface area contributed by atoms with Gasteiger partial charge in [-0.25, -0.2) is 0 Å². The predicted molar refractivity (Wildman–Crippen MR) is 93.4 cm³/mol. The van der Waals surface area contributed by atoms with Crippen molar-refractivity contribution >= 4 is 30.0 Å². The Morgan fingerprint density at radius 1 is 1.04 bits per heavy atom. The van der Waals surface area contributed by atoms with Crippen LogP contribution < -0.4 is 0 Å². The summed E-state index contributed by atoms with van der Waals surface area (Å²) in [5, 5.41) is 10.8. The number of nitro benzene ring substituents is 1. The standard InChI is InChI=1S/C15H13NO3.H3O3PS/c1-10-11(2)14(16(18)19)9-8-13(10)15(17)12-6-4-3-5-7-12;1-4(2,3)5/h3-9H,1-2H3;(H3,1,2,3,5). The Morgan fingerprint density at radius 3 is 2.00 bits per heavy atom. The zero-order chi connectivity index (χ0) is 18.5. The van der Waals surface area contributed by atoms with Gasteiger partial charge in [-0.2, -0.15) is 0 Å². The van der Waals surface area contributed by atoms with Gasteiger partial charge < -0.3 is 14.7 Å². The van der Waals surface area contributed by atoms with Crippen molar-refractivity contribution in [1.82, 2.24) is 0 Å². The topological polar surface area (TPSA) is 121 Å². The first-order chi connectivity index (χ1) is 11.0. The summed E-state index contributed by atoms with van der Waals surface area (Å²) in [6, 6.07) is 11.8. The average Bonchev–Trinajstić information content (AvgIpc) is 2.48. The molecule has 0 atom stereocenters. The van der Waals surface area contributed by atoms with E-state index in [2.05, 4.69) is 11.8 Å². The molecular weight excluding hydrogens is 353 g/mol. The number of ketones is 1. The Kier molecular flexibility index (Phi) is 6.89. The van der Waals surface area contributed by atoms with Crippen molar-refractivity contribution < 1.29 is 24.4 Å². The van der Waals surface area contributed by atoms with Gasteiger partial charge in [0.05, 0.1) is 4.92 Å². The van der Waals surface area contributed by atoms with Crippen molar-refractivity contribution in [1.29, 1.82) is 0 Å². The first-order valence-corrected chi connectivity index (χ1v) is 9.31. The lowest BCUT2D eigenvalue weighted by Gasteiger charge is -2.08.